The lowest BCUT2D eigenvalue weighted by molar-refractivity contribution is 0.661. The average molecular weight is 267 g/mol. The Morgan fingerprint density at radius 2 is 2.11 bits per heavy atom. The maximum atomic E-state index is 5.78. The quantitative estimate of drug-likeness (QED) is 0.824. The Balaban J connectivity index is 2.60. The van der Waals surface area contributed by atoms with Crippen LogP contribution in [0.1, 0.15) is 25.8 Å². The summed E-state index contributed by atoms with van der Waals surface area (Å²) in [6.45, 7) is 4.26. The van der Waals surface area contributed by atoms with E-state index in [0.29, 0.717) is 6.04 Å². The summed E-state index contributed by atoms with van der Waals surface area (Å²) in [6.07, 6.45) is 6.16. The van der Waals surface area contributed by atoms with Crippen LogP contribution in [0.2, 0.25) is 0 Å². The zero-order valence-electron chi connectivity index (χ0n) is 11.9. The van der Waals surface area contributed by atoms with Crippen molar-refractivity contribution in [2.45, 2.75) is 38.8 Å². The SMILES string of the molecule is CSCCC(C)N(C)c1ccc(CC(C)N)cn1. The second kappa shape index (κ2) is 7.64. The summed E-state index contributed by atoms with van der Waals surface area (Å²) in [5, 5.41) is 0. The molecule has 18 heavy (non-hydrogen) atoms. The van der Waals surface area contributed by atoms with Gasteiger partial charge < -0.3 is 10.6 Å². The Morgan fingerprint density at radius 3 is 2.61 bits per heavy atom. The van der Waals surface area contributed by atoms with Crippen LogP contribution in [0, 0.1) is 0 Å². The van der Waals surface area contributed by atoms with Crippen molar-refractivity contribution in [1.29, 1.82) is 0 Å². The second-order valence-electron chi connectivity index (χ2n) is 4.95. The molecule has 0 spiro atoms. The minimum atomic E-state index is 0.191. The van der Waals surface area contributed by atoms with Crippen LogP contribution in [0.5, 0.6) is 0 Å². The van der Waals surface area contributed by atoms with Gasteiger partial charge in [-0.1, -0.05) is 6.07 Å². The van der Waals surface area contributed by atoms with Gasteiger partial charge in [0.25, 0.3) is 0 Å². The monoisotopic (exact) mass is 267 g/mol. The fourth-order valence-corrected chi connectivity index (χ4v) is 2.40. The van der Waals surface area contributed by atoms with Crippen LogP contribution >= 0.6 is 11.8 Å². The zero-order chi connectivity index (χ0) is 13.5. The van der Waals surface area contributed by atoms with Crippen LogP contribution in [-0.2, 0) is 6.42 Å². The van der Waals surface area contributed by atoms with E-state index in [1.54, 1.807) is 0 Å². The van der Waals surface area contributed by atoms with Crippen LogP contribution in [0.3, 0.4) is 0 Å². The number of pyridine rings is 1. The predicted molar refractivity (Wildman–Crippen MR) is 82.5 cm³/mol. The summed E-state index contributed by atoms with van der Waals surface area (Å²) in [4.78, 5) is 6.77. The normalized spacial score (nSPS) is 14.3. The lowest BCUT2D eigenvalue weighted by Gasteiger charge is -2.26. The first kappa shape index (κ1) is 15.3. The molecule has 4 heteroatoms. The van der Waals surface area contributed by atoms with Gasteiger partial charge in [-0.2, -0.15) is 11.8 Å². The molecule has 102 valence electrons. The Hall–Kier alpha value is -0.740. The number of rotatable bonds is 7. The third-order valence-electron chi connectivity index (χ3n) is 3.13. The summed E-state index contributed by atoms with van der Waals surface area (Å²) in [5.74, 6) is 2.23. The molecule has 0 aromatic carbocycles. The van der Waals surface area contributed by atoms with Crippen molar-refractivity contribution in [3.63, 3.8) is 0 Å². The Morgan fingerprint density at radius 1 is 1.39 bits per heavy atom. The molecule has 0 saturated heterocycles. The number of thioether (sulfide) groups is 1. The first-order valence-electron chi connectivity index (χ1n) is 6.47. The van der Waals surface area contributed by atoms with Gasteiger partial charge in [0.15, 0.2) is 0 Å². The van der Waals surface area contributed by atoms with Gasteiger partial charge in [-0.25, -0.2) is 4.98 Å². The molecule has 2 atom stereocenters. The van der Waals surface area contributed by atoms with Crippen molar-refractivity contribution >= 4 is 17.6 Å². The van der Waals surface area contributed by atoms with Gasteiger partial charge in [0.05, 0.1) is 0 Å². The molecule has 0 aliphatic rings. The molecule has 1 aromatic heterocycles. The summed E-state index contributed by atoms with van der Waals surface area (Å²) in [6, 6.07) is 4.93. The molecule has 2 unspecified atom stereocenters. The number of aromatic nitrogens is 1. The third kappa shape index (κ3) is 4.86. The van der Waals surface area contributed by atoms with E-state index < -0.39 is 0 Å². The van der Waals surface area contributed by atoms with Crippen LogP contribution in [0.25, 0.3) is 0 Å². The first-order chi connectivity index (χ1) is 8.54. The first-order valence-corrected chi connectivity index (χ1v) is 7.86. The third-order valence-corrected chi connectivity index (χ3v) is 3.77. The van der Waals surface area contributed by atoms with Crippen molar-refractivity contribution in [3.05, 3.63) is 23.9 Å². The van der Waals surface area contributed by atoms with E-state index >= 15 is 0 Å². The Bertz CT molecular complexity index is 337. The minimum Gasteiger partial charge on any atom is -0.357 e. The molecule has 0 aliphatic carbocycles. The van der Waals surface area contributed by atoms with E-state index in [1.165, 1.54) is 17.7 Å². The van der Waals surface area contributed by atoms with Crippen LogP contribution in [-0.4, -0.2) is 36.1 Å². The van der Waals surface area contributed by atoms with Crippen LogP contribution in [0.15, 0.2) is 18.3 Å². The number of hydrogen-bond acceptors (Lipinski definition) is 4. The molecule has 0 saturated carbocycles. The number of hydrogen-bond donors (Lipinski definition) is 1. The summed E-state index contributed by atoms with van der Waals surface area (Å²) >= 11 is 1.89. The molecular weight excluding hydrogens is 242 g/mol. The molecule has 1 heterocycles. The standard InChI is InChI=1S/C14H25N3S/c1-11(15)9-13-5-6-14(16-10-13)17(3)12(2)7-8-18-4/h5-6,10-12H,7-9,15H2,1-4H3. The van der Waals surface area contributed by atoms with Gasteiger partial charge in [-0.3, -0.25) is 0 Å². The summed E-state index contributed by atoms with van der Waals surface area (Å²) in [7, 11) is 2.11. The number of anilines is 1. The largest absolute Gasteiger partial charge is 0.357 e. The molecule has 3 nitrogen and oxygen atoms in total. The van der Waals surface area contributed by atoms with E-state index in [0.717, 1.165) is 12.2 Å². The highest BCUT2D eigenvalue weighted by atomic mass is 32.2. The number of nitrogens with two attached hydrogens (primary N) is 1. The zero-order valence-corrected chi connectivity index (χ0v) is 12.7. The van der Waals surface area contributed by atoms with Gasteiger partial charge in [0, 0.05) is 25.3 Å². The highest BCUT2D eigenvalue weighted by Crippen LogP contribution is 2.15. The van der Waals surface area contributed by atoms with Crippen molar-refractivity contribution < 1.29 is 0 Å². The maximum absolute atomic E-state index is 5.78. The van der Waals surface area contributed by atoms with Crippen molar-refractivity contribution in [2.75, 3.05) is 24.0 Å². The van der Waals surface area contributed by atoms with E-state index in [2.05, 4.69) is 42.2 Å². The molecule has 0 amide bonds. The summed E-state index contributed by atoms with van der Waals surface area (Å²) < 4.78 is 0. The van der Waals surface area contributed by atoms with Crippen LogP contribution < -0.4 is 10.6 Å². The minimum absolute atomic E-state index is 0.191. The molecular formula is C14H25N3S. The lowest BCUT2D eigenvalue weighted by Crippen LogP contribution is -2.30. The van der Waals surface area contributed by atoms with Crippen molar-refractivity contribution in [3.8, 4) is 0 Å². The molecule has 2 N–H and O–H groups in total. The van der Waals surface area contributed by atoms with E-state index in [1.807, 2.05) is 24.9 Å². The smallest absolute Gasteiger partial charge is 0.128 e. The van der Waals surface area contributed by atoms with E-state index in [4.69, 9.17) is 5.73 Å². The molecule has 0 aliphatic heterocycles. The van der Waals surface area contributed by atoms with Gasteiger partial charge in [0.2, 0.25) is 0 Å². The van der Waals surface area contributed by atoms with Gasteiger partial charge in [-0.05, 0) is 50.3 Å². The fraction of sp³-hybridized carbons (Fsp3) is 0.643. The molecule has 0 bridgehead atoms. The van der Waals surface area contributed by atoms with E-state index in [9.17, 15) is 0 Å². The fourth-order valence-electron chi connectivity index (χ4n) is 1.83. The molecule has 1 aromatic rings. The number of nitrogens with zero attached hydrogens (tertiary/aromatic N) is 2. The van der Waals surface area contributed by atoms with E-state index in [-0.39, 0.29) is 6.04 Å². The lowest BCUT2D eigenvalue weighted by atomic mass is 10.1. The second-order valence-corrected chi connectivity index (χ2v) is 5.93. The predicted octanol–water partition coefficient (Wildman–Crippen LogP) is 2.55. The van der Waals surface area contributed by atoms with Crippen molar-refractivity contribution in [2.24, 2.45) is 5.73 Å². The highest BCUT2D eigenvalue weighted by molar-refractivity contribution is 7.98. The van der Waals surface area contributed by atoms with Crippen molar-refractivity contribution in [1.82, 2.24) is 4.98 Å². The van der Waals surface area contributed by atoms with Gasteiger partial charge in [0.1, 0.15) is 5.82 Å². The van der Waals surface area contributed by atoms with Gasteiger partial charge in [-0.15, -0.1) is 0 Å². The maximum Gasteiger partial charge on any atom is 0.128 e. The molecule has 1 rings (SSSR count). The average Bonchev–Trinajstić information content (AvgIpc) is 2.35. The highest BCUT2D eigenvalue weighted by Gasteiger charge is 2.10. The molecule has 0 fully saturated rings. The van der Waals surface area contributed by atoms with Gasteiger partial charge >= 0.3 is 0 Å². The Kier molecular flexibility index (Phi) is 6.50. The Labute approximate surface area is 115 Å². The van der Waals surface area contributed by atoms with Crippen LogP contribution in [0.4, 0.5) is 5.82 Å². The molecule has 0 radical (unpaired) electrons. The summed E-state index contributed by atoms with van der Waals surface area (Å²) in [5.41, 5.74) is 6.99. The topological polar surface area (TPSA) is 42.1 Å².